The average molecular weight is 252 g/mol. The molecule has 0 spiro atoms. The van der Waals surface area contributed by atoms with Gasteiger partial charge >= 0.3 is 0 Å². The van der Waals surface area contributed by atoms with Gasteiger partial charge in [-0.2, -0.15) is 0 Å². The Hall–Kier alpha value is 0. The summed E-state index contributed by atoms with van der Waals surface area (Å²) in [7, 11) is 0. The predicted molar refractivity (Wildman–Crippen MR) is 82.8 cm³/mol. The second-order valence-corrected chi connectivity index (χ2v) is 8.26. The maximum atomic E-state index is 2.39. The quantitative estimate of drug-likeness (QED) is 0.414. The highest BCUT2D eigenvalue weighted by Gasteiger charge is 2.38. The Labute approximate surface area is 116 Å². The van der Waals surface area contributed by atoms with Crippen LogP contribution in [0.25, 0.3) is 0 Å². The van der Waals surface area contributed by atoms with Crippen LogP contribution >= 0.6 is 0 Å². The molecule has 18 heavy (non-hydrogen) atoms. The summed E-state index contributed by atoms with van der Waals surface area (Å²) in [6.07, 6.45) is 13.3. The van der Waals surface area contributed by atoms with Crippen LogP contribution < -0.4 is 0 Å². The van der Waals surface area contributed by atoms with Gasteiger partial charge in [-0.3, -0.25) is 0 Å². The molecule has 1 fully saturated rings. The Kier molecular flexibility index (Phi) is 6.74. The molecule has 0 N–H and O–H groups in total. The van der Waals surface area contributed by atoms with Crippen LogP contribution in [-0.2, 0) is 0 Å². The van der Waals surface area contributed by atoms with E-state index in [4.69, 9.17) is 0 Å². The normalized spacial score (nSPS) is 23.7. The summed E-state index contributed by atoms with van der Waals surface area (Å²) in [5.74, 6) is 3.07. The lowest BCUT2D eigenvalue weighted by Crippen LogP contribution is -2.06. The first kappa shape index (κ1) is 16.1. The largest absolute Gasteiger partial charge is 0.0628 e. The average Bonchev–Trinajstić information content (AvgIpc) is 2.91. The fourth-order valence-corrected chi connectivity index (χ4v) is 3.19. The van der Waals surface area contributed by atoms with E-state index >= 15 is 0 Å². The number of hydrogen-bond donors (Lipinski definition) is 0. The summed E-state index contributed by atoms with van der Waals surface area (Å²) in [4.78, 5) is 0. The van der Waals surface area contributed by atoms with E-state index < -0.39 is 0 Å². The first-order chi connectivity index (χ1) is 8.38. The fraction of sp³-hybridized carbons (Fsp3) is 1.00. The van der Waals surface area contributed by atoms with Gasteiger partial charge < -0.3 is 0 Å². The zero-order valence-corrected chi connectivity index (χ0v) is 13.6. The first-order valence-corrected chi connectivity index (χ1v) is 8.38. The van der Waals surface area contributed by atoms with Crippen LogP contribution in [0.15, 0.2) is 0 Å². The van der Waals surface area contributed by atoms with Gasteiger partial charge in [-0.05, 0) is 36.0 Å². The zero-order valence-electron chi connectivity index (χ0n) is 13.6. The molecule has 0 aromatic carbocycles. The molecule has 0 nitrogen and oxygen atoms in total. The van der Waals surface area contributed by atoms with Gasteiger partial charge in [-0.1, -0.05) is 79.6 Å². The standard InChI is InChI=1S/C18H36/c1-15(2)11-9-7-6-8-10-12-16-13-17(16)14-18(3,4)5/h15-17H,6-14H2,1-5H3. The highest BCUT2D eigenvalue weighted by molar-refractivity contribution is 4.88. The Bertz CT molecular complexity index is 209. The minimum absolute atomic E-state index is 0.552. The highest BCUT2D eigenvalue weighted by Crippen LogP contribution is 2.48. The third kappa shape index (κ3) is 8.16. The van der Waals surface area contributed by atoms with Gasteiger partial charge in [0.25, 0.3) is 0 Å². The van der Waals surface area contributed by atoms with Crippen LogP contribution in [0.2, 0.25) is 0 Å². The van der Waals surface area contributed by atoms with Crippen molar-refractivity contribution in [3.05, 3.63) is 0 Å². The van der Waals surface area contributed by atoms with E-state index in [9.17, 15) is 0 Å². The van der Waals surface area contributed by atoms with Crippen molar-refractivity contribution in [1.82, 2.24) is 0 Å². The molecule has 108 valence electrons. The Morgan fingerprint density at radius 3 is 2.11 bits per heavy atom. The van der Waals surface area contributed by atoms with Crippen LogP contribution in [0.1, 0.15) is 92.4 Å². The molecule has 2 unspecified atom stereocenters. The second kappa shape index (κ2) is 7.56. The van der Waals surface area contributed by atoms with Crippen LogP contribution in [-0.4, -0.2) is 0 Å². The first-order valence-electron chi connectivity index (χ1n) is 8.38. The Balaban J connectivity index is 1.86. The fourth-order valence-electron chi connectivity index (χ4n) is 3.19. The molecule has 1 aliphatic rings. The molecule has 0 aliphatic heterocycles. The lowest BCUT2D eigenvalue weighted by molar-refractivity contribution is 0.340. The number of rotatable bonds is 9. The van der Waals surface area contributed by atoms with E-state index in [1.807, 2.05) is 0 Å². The molecule has 0 aromatic heterocycles. The van der Waals surface area contributed by atoms with Crippen molar-refractivity contribution in [1.29, 1.82) is 0 Å². The zero-order chi connectivity index (χ0) is 13.6. The maximum Gasteiger partial charge on any atom is -0.0378 e. The molecular weight excluding hydrogens is 216 g/mol. The van der Waals surface area contributed by atoms with Crippen LogP contribution in [0.4, 0.5) is 0 Å². The summed E-state index contributed by atoms with van der Waals surface area (Å²) in [6.45, 7) is 11.8. The van der Waals surface area contributed by atoms with Crippen molar-refractivity contribution in [3.8, 4) is 0 Å². The minimum atomic E-state index is 0.552. The van der Waals surface area contributed by atoms with Crippen molar-refractivity contribution in [3.63, 3.8) is 0 Å². The summed E-state index contributed by atoms with van der Waals surface area (Å²) >= 11 is 0. The van der Waals surface area contributed by atoms with Gasteiger partial charge in [0, 0.05) is 0 Å². The van der Waals surface area contributed by atoms with Gasteiger partial charge in [0.1, 0.15) is 0 Å². The molecule has 0 saturated heterocycles. The lowest BCUT2D eigenvalue weighted by atomic mass is 9.88. The summed E-state index contributed by atoms with van der Waals surface area (Å²) in [6, 6.07) is 0. The van der Waals surface area contributed by atoms with E-state index in [1.54, 1.807) is 0 Å². The third-order valence-corrected chi connectivity index (χ3v) is 4.30. The molecule has 1 saturated carbocycles. The smallest absolute Gasteiger partial charge is 0.0378 e. The van der Waals surface area contributed by atoms with Crippen LogP contribution in [0, 0.1) is 23.2 Å². The highest BCUT2D eigenvalue weighted by atomic mass is 14.4. The van der Waals surface area contributed by atoms with Gasteiger partial charge in [0.15, 0.2) is 0 Å². The van der Waals surface area contributed by atoms with Crippen LogP contribution in [0.5, 0.6) is 0 Å². The summed E-state index contributed by atoms with van der Waals surface area (Å²) in [5.41, 5.74) is 0.552. The molecule has 0 bridgehead atoms. The van der Waals surface area contributed by atoms with Crippen molar-refractivity contribution >= 4 is 0 Å². The van der Waals surface area contributed by atoms with Gasteiger partial charge in [-0.25, -0.2) is 0 Å². The third-order valence-electron chi connectivity index (χ3n) is 4.30. The molecule has 0 aromatic rings. The second-order valence-electron chi connectivity index (χ2n) is 8.26. The molecule has 2 atom stereocenters. The monoisotopic (exact) mass is 252 g/mol. The molecular formula is C18H36. The molecule has 0 heteroatoms. The van der Waals surface area contributed by atoms with E-state index in [2.05, 4.69) is 34.6 Å². The predicted octanol–water partition coefficient (Wildman–Crippen LogP) is 6.45. The van der Waals surface area contributed by atoms with E-state index in [-0.39, 0.29) is 0 Å². The molecule has 1 aliphatic carbocycles. The Morgan fingerprint density at radius 1 is 0.889 bits per heavy atom. The molecule has 0 heterocycles. The van der Waals surface area contributed by atoms with Crippen LogP contribution in [0.3, 0.4) is 0 Å². The topological polar surface area (TPSA) is 0 Å². The van der Waals surface area contributed by atoms with Crippen molar-refractivity contribution in [2.24, 2.45) is 23.2 Å². The van der Waals surface area contributed by atoms with Gasteiger partial charge in [-0.15, -0.1) is 0 Å². The molecule has 0 radical (unpaired) electrons. The van der Waals surface area contributed by atoms with E-state index in [1.165, 1.54) is 57.8 Å². The SMILES string of the molecule is CC(C)CCCCCCCC1CC1CC(C)(C)C. The number of unbranched alkanes of at least 4 members (excludes halogenated alkanes) is 4. The maximum absolute atomic E-state index is 2.39. The number of hydrogen-bond acceptors (Lipinski definition) is 0. The molecule has 1 rings (SSSR count). The minimum Gasteiger partial charge on any atom is -0.0628 e. The lowest BCUT2D eigenvalue weighted by Gasteiger charge is -2.17. The van der Waals surface area contributed by atoms with Crippen molar-refractivity contribution in [2.75, 3.05) is 0 Å². The van der Waals surface area contributed by atoms with E-state index in [0.29, 0.717) is 5.41 Å². The summed E-state index contributed by atoms with van der Waals surface area (Å²) < 4.78 is 0. The summed E-state index contributed by atoms with van der Waals surface area (Å²) in [5, 5.41) is 0. The van der Waals surface area contributed by atoms with Crippen molar-refractivity contribution < 1.29 is 0 Å². The van der Waals surface area contributed by atoms with Gasteiger partial charge in [0.05, 0.1) is 0 Å². The van der Waals surface area contributed by atoms with E-state index in [0.717, 1.165) is 17.8 Å². The molecule has 0 amide bonds. The van der Waals surface area contributed by atoms with Gasteiger partial charge in [0.2, 0.25) is 0 Å². The van der Waals surface area contributed by atoms with Crippen molar-refractivity contribution in [2.45, 2.75) is 92.4 Å². The Morgan fingerprint density at radius 2 is 1.50 bits per heavy atom.